The Morgan fingerprint density at radius 1 is 1.09 bits per heavy atom. The van der Waals surface area contributed by atoms with Crippen molar-refractivity contribution >= 4 is 6.09 Å². The zero-order valence-electron chi connectivity index (χ0n) is 15.6. The van der Waals surface area contributed by atoms with E-state index in [9.17, 15) is 4.79 Å². The molecule has 0 atom stereocenters. The van der Waals surface area contributed by atoms with Crippen molar-refractivity contribution in [1.29, 1.82) is 0 Å². The molecule has 2 saturated heterocycles. The summed E-state index contributed by atoms with van der Waals surface area (Å²) in [7, 11) is 2.14. The van der Waals surface area contributed by atoms with Crippen molar-refractivity contribution in [2.45, 2.75) is 71.4 Å². The van der Waals surface area contributed by atoms with E-state index in [0.717, 1.165) is 38.9 Å². The van der Waals surface area contributed by atoms with Crippen LogP contribution in [0.5, 0.6) is 0 Å². The van der Waals surface area contributed by atoms with E-state index < -0.39 is 0 Å². The molecular weight excluding hydrogens is 288 g/mol. The largest absolute Gasteiger partial charge is 0.446 e. The van der Waals surface area contributed by atoms with Crippen LogP contribution in [0, 0.1) is 17.3 Å². The molecule has 2 aliphatic heterocycles. The zero-order chi connectivity index (χ0) is 16.8. The number of carbonyl (C=O) groups excluding carboxylic acids is 1. The molecule has 0 aromatic heterocycles. The monoisotopic (exact) mass is 322 g/mol. The van der Waals surface area contributed by atoms with Crippen molar-refractivity contribution in [3.8, 4) is 0 Å². The second-order valence-corrected chi connectivity index (χ2v) is 8.95. The van der Waals surface area contributed by atoms with Crippen molar-refractivity contribution in [1.82, 2.24) is 9.80 Å². The van der Waals surface area contributed by atoms with Crippen LogP contribution in [-0.4, -0.2) is 54.2 Å². The fourth-order valence-electron chi connectivity index (χ4n) is 4.99. The average molecular weight is 322 g/mol. The third-order valence-corrected chi connectivity index (χ3v) is 6.76. The molecule has 4 nitrogen and oxygen atoms in total. The van der Waals surface area contributed by atoms with Gasteiger partial charge in [0.25, 0.3) is 0 Å². The molecule has 1 spiro atoms. The summed E-state index contributed by atoms with van der Waals surface area (Å²) in [6, 6.07) is 0. The zero-order valence-corrected chi connectivity index (χ0v) is 15.6. The van der Waals surface area contributed by atoms with Gasteiger partial charge in [0.15, 0.2) is 0 Å². The molecule has 1 saturated carbocycles. The van der Waals surface area contributed by atoms with Gasteiger partial charge >= 0.3 is 6.09 Å². The number of hydrogen-bond donors (Lipinski definition) is 0. The summed E-state index contributed by atoms with van der Waals surface area (Å²) in [5, 5.41) is 0. The lowest BCUT2D eigenvalue weighted by Crippen LogP contribution is -2.55. The first-order valence-electron chi connectivity index (χ1n) is 9.46. The third kappa shape index (κ3) is 2.99. The van der Waals surface area contributed by atoms with Crippen LogP contribution in [-0.2, 0) is 4.74 Å². The number of ether oxygens (including phenoxy) is 1. The van der Waals surface area contributed by atoms with Gasteiger partial charge in [0, 0.05) is 19.6 Å². The summed E-state index contributed by atoms with van der Waals surface area (Å²) in [6.07, 6.45) is 5.72. The molecule has 3 aliphatic rings. The number of amides is 1. The summed E-state index contributed by atoms with van der Waals surface area (Å²) in [4.78, 5) is 17.5. The molecule has 0 radical (unpaired) electrons. The van der Waals surface area contributed by atoms with Crippen LogP contribution in [0.2, 0.25) is 0 Å². The third-order valence-electron chi connectivity index (χ3n) is 6.76. The van der Waals surface area contributed by atoms with Crippen LogP contribution in [0.3, 0.4) is 0 Å². The first-order chi connectivity index (χ1) is 10.8. The second kappa shape index (κ2) is 5.94. The van der Waals surface area contributed by atoms with E-state index in [2.05, 4.69) is 44.5 Å². The Morgan fingerprint density at radius 2 is 1.65 bits per heavy atom. The van der Waals surface area contributed by atoms with E-state index in [4.69, 9.17) is 4.74 Å². The standard InChI is InChI=1S/C19H34N2O2/c1-14(2)19(15(3)4)12-18(8-9-18)13-21(19)17(22)23-16-6-10-20(5)11-7-16/h14-16H,6-13H2,1-5H3. The van der Waals surface area contributed by atoms with E-state index in [1.54, 1.807) is 0 Å². The molecule has 0 aromatic rings. The van der Waals surface area contributed by atoms with Gasteiger partial charge < -0.3 is 14.5 Å². The van der Waals surface area contributed by atoms with Crippen molar-refractivity contribution in [3.05, 3.63) is 0 Å². The van der Waals surface area contributed by atoms with Gasteiger partial charge in [0.1, 0.15) is 6.10 Å². The fourth-order valence-corrected chi connectivity index (χ4v) is 4.99. The lowest BCUT2D eigenvalue weighted by Gasteiger charge is -2.45. The average Bonchev–Trinajstić information content (AvgIpc) is 3.12. The molecule has 0 bridgehead atoms. The number of hydrogen-bond acceptors (Lipinski definition) is 3. The van der Waals surface area contributed by atoms with E-state index in [0.29, 0.717) is 17.3 Å². The Balaban J connectivity index is 1.74. The summed E-state index contributed by atoms with van der Waals surface area (Å²) in [6.45, 7) is 12.1. The molecule has 4 heteroatoms. The minimum Gasteiger partial charge on any atom is -0.446 e. The second-order valence-electron chi connectivity index (χ2n) is 8.95. The van der Waals surface area contributed by atoms with Crippen LogP contribution in [0.15, 0.2) is 0 Å². The normalized spacial score (nSPS) is 27.2. The van der Waals surface area contributed by atoms with E-state index in [-0.39, 0.29) is 17.7 Å². The Bertz CT molecular complexity index is 440. The first-order valence-corrected chi connectivity index (χ1v) is 9.46. The first kappa shape index (κ1) is 17.1. The van der Waals surface area contributed by atoms with Gasteiger partial charge in [-0.3, -0.25) is 0 Å². The fraction of sp³-hybridized carbons (Fsp3) is 0.947. The SMILES string of the molecule is CC(C)C1(C(C)C)CC2(CC2)CN1C(=O)OC1CCN(C)CC1. The highest BCUT2D eigenvalue weighted by Crippen LogP contribution is 2.61. The topological polar surface area (TPSA) is 32.8 Å². The lowest BCUT2D eigenvalue weighted by atomic mass is 9.73. The van der Waals surface area contributed by atoms with Crippen molar-refractivity contribution in [2.24, 2.45) is 17.3 Å². The molecule has 1 aliphatic carbocycles. The number of likely N-dealkylation sites (tertiary alicyclic amines) is 2. The maximum Gasteiger partial charge on any atom is 0.410 e. The number of carbonyl (C=O) groups is 1. The highest BCUT2D eigenvalue weighted by molar-refractivity contribution is 5.70. The predicted molar refractivity (Wildman–Crippen MR) is 92.4 cm³/mol. The van der Waals surface area contributed by atoms with E-state index in [1.807, 2.05) is 0 Å². The quantitative estimate of drug-likeness (QED) is 0.793. The number of nitrogens with zero attached hydrogens (tertiary/aromatic N) is 2. The Kier molecular flexibility index (Phi) is 4.41. The predicted octanol–water partition coefficient (Wildman–Crippen LogP) is 3.75. The minimum absolute atomic E-state index is 0.0287. The molecule has 3 rings (SSSR count). The van der Waals surface area contributed by atoms with Crippen LogP contribution in [0.25, 0.3) is 0 Å². The van der Waals surface area contributed by atoms with E-state index in [1.165, 1.54) is 12.8 Å². The molecule has 0 N–H and O–H groups in total. The highest BCUT2D eigenvalue weighted by atomic mass is 16.6. The van der Waals surface area contributed by atoms with Gasteiger partial charge in [-0.05, 0) is 56.4 Å². The van der Waals surface area contributed by atoms with Crippen LogP contribution in [0.1, 0.15) is 59.8 Å². The van der Waals surface area contributed by atoms with Crippen molar-refractivity contribution in [3.63, 3.8) is 0 Å². The highest BCUT2D eigenvalue weighted by Gasteiger charge is 2.62. The molecule has 0 aromatic carbocycles. The maximum absolute atomic E-state index is 13.0. The Labute approximate surface area is 141 Å². The molecule has 3 fully saturated rings. The summed E-state index contributed by atoms with van der Waals surface area (Å²) in [5.41, 5.74) is 0.374. The minimum atomic E-state index is -0.0503. The van der Waals surface area contributed by atoms with Crippen LogP contribution < -0.4 is 0 Å². The van der Waals surface area contributed by atoms with Gasteiger partial charge in [-0.15, -0.1) is 0 Å². The summed E-state index contributed by atoms with van der Waals surface area (Å²) >= 11 is 0. The van der Waals surface area contributed by atoms with Crippen LogP contribution in [0.4, 0.5) is 4.79 Å². The van der Waals surface area contributed by atoms with Crippen molar-refractivity contribution < 1.29 is 9.53 Å². The smallest absolute Gasteiger partial charge is 0.410 e. The number of rotatable bonds is 3. The molecule has 2 heterocycles. The summed E-state index contributed by atoms with van der Waals surface area (Å²) < 4.78 is 5.96. The van der Waals surface area contributed by atoms with Crippen molar-refractivity contribution in [2.75, 3.05) is 26.7 Å². The molecule has 23 heavy (non-hydrogen) atoms. The summed E-state index contributed by atoms with van der Waals surface area (Å²) in [5.74, 6) is 0.931. The number of piperidine rings is 1. The van der Waals surface area contributed by atoms with Gasteiger partial charge in [0.2, 0.25) is 0 Å². The lowest BCUT2D eigenvalue weighted by molar-refractivity contribution is -0.00701. The Hall–Kier alpha value is -0.770. The van der Waals surface area contributed by atoms with Gasteiger partial charge in [0.05, 0.1) is 5.54 Å². The maximum atomic E-state index is 13.0. The van der Waals surface area contributed by atoms with Crippen LogP contribution >= 0.6 is 0 Å². The van der Waals surface area contributed by atoms with Gasteiger partial charge in [-0.2, -0.15) is 0 Å². The molecule has 1 amide bonds. The molecule has 0 unspecified atom stereocenters. The van der Waals surface area contributed by atoms with E-state index >= 15 is 0 Å². The molecular formula is C19H34N2O2. The molecule has 132 valence electrons. The van der Waals surface area contributed by atoms with Gasteiger partial charge in [-0.1, -0.05) is 27.7 Å². The van der Waals surface area contributed by atoms with Gasteiger partial charge in [-0.25, -0.2) is 4.79 Å². The Morgan fingerprint density at radius 3 is 2.13 bits per heavy atom.